The number of carbonyl (C=O) groups is 2. The van der Waals surface area contributed by atoms with Crippen molar-refractivity contribution in [2.24, 2.45) is 0 Å². The highest BCUT2D eigenvalue weighted by atomic mass is 32.2. The number of Topliss-reactive ketones (excluding diaryl/α,β-unsaturated/α-hetero) is 1. The molecule has 0 atom stereocenters. The third kappa shape index (κ3) is 3.85. The zero-order valence-electron chi connectivity index (χ0n) is 14.6. The molecule has 0 amide bonds. The number of halogens is 1. The van der Waals surface area contributed by atoms with Crippen molar-refractivity contribution in [3.8, 4) is 0 Å². The normalized spacial score (nSPS) is 13.3. The van der Waals surface area contributed by atoms with E-state index in [0.717, 1.165) is 11.6 Å². The summed E-state index contributed by atoms with van der Waals surface area (Å²) in [5.41, 5.74) is 1.39. The molecule has 27 heavy (non-hydrogen) atoms. The van der Waals surface area contributed by atoms with Gasteiger partial charge in [0.05, 0.1) is 17.0 Å². The Morgan fingerprint density at radius 3 is 2.63 bits per heavy atom. The fourth-order valence-corrected chi connectivity index (χ4v) is 4.07. The minimum Gasteiger partial charge on any atom is -0.454 e. The quantitative estimate of drug-likeness (QED) is 0.559. The summed E-state index contributed by atoms with van der Waals surface area (Å²) in [5, 5.41) is 0. The standard InChI is InChI=1S/C19H18FNO5S/c1-2-27(24,25)21-10-9-13-11-14(7-8-17(13)21)18(22)12-26-19(23)15-5-3-4-6-16(15)20/h3-8,11H,2,9-10,12H2,1H3. The molecule has 1 heterocycles. The summed E-state index contributed by atoms with van der Waals surface area (Å²) in [6.45, 7) is 1.39. The van der Waals surface area contributed by atoms with Crippen LogP contribution in [0.25, 0.3) is 0 Å². The van der Waals surface area contributed by atoms with Crippen LogP contribution in [0.3, 0.4) is 0 Å². The minimum atomic E-state index is -3.36. The molecule has 2 aromatic rings. The largest absolute Gasteiger partial charge is 0.454 e. The van der Waals surface area contributed by atoms with Crippen molar-refractivity contribution in [2.45, 2.75) is 13.3 Å². The van der Waals surface area contributed by atoms with Crippen LogP contribution < -0.4 is 4.31 Å². The average Bonchev–Trinajstić information content (AvgIpc) is 3.10. The van der Waals surface area contributed by atoms with Gasteiger partial charge in [0.15, 0.2) is 12.4 Å². The lowest BCUT2D eigenvalue weighted by Crippen LogP contribution is -2.30. The maximum absolute atomic E-state index is 13.6. The number of fused-ring (bicyclic) bond motifs is 1. The van der Waals surface area contributed by atoms with Crippen LogP contribution in [0, 0.1) is 5.82 Å². The molecular weight excluding hydrogens is 373 g/mol. The lowest BCUT2D eigenvalue weighted by atomic mass is 10.1. The fraction of sp³-hybridized carbons (Fsp3) is 0.263. The predicted octanol–water partition coefficient (Wildman–Crippen LogP) is 2.58. The number of hydrogen-bond donors (Lipinski definition) is 0. The van der Waals surface area contributed by atoms with Crippen LogP contribution in [0.4, 0.5) is 10.1 Å². The van der Waals surface area contributed by atoms with Gasteiger partial charge in [-0.25, -0.2) is 17.6 Å². The van der Waals surface area contributed by atoms with Gasteiger partial charge in [-0.05, 0) is 49.2 Å². The van der Waals surface area contributed by atoms with Crippen molar-refractivity contribution >= 4 is 27.5 Å². The average molecular weight is 391 g/mol. The molecule has 142 valence electrons. The van der Waals surface area contributed by atoms with Gasteiger partial charge in [0, 0.05) is 12.1 Å². The molecule has 3 rings (SSSR count). The summed E-state index contributed by atoms with van der Waals surface area (Å²) in [6, 6.07) is 10.1. The molecule has 0 aromatic heterocycles. The number of nitrogens with zero attached hydrogens (tertiary/aromatic N) is 1. The van der Waals surface area contributed by atoms with E-state index in [1.165, 1.54) is 28.6 Å². The van der Waals surface area contributed by atoms with Gasteiger partial charge in [-0.3, -0.25) is 9.10 Å². The third-order valence-corrected chi connectivity index (χ3v) is 6.16. The smallest absolute Gasteiger partial charge is 0.341 e. The second kappa shape index (κ2) is 7.48. The first-order chi connectivity index (χ1) is 12.8. The molecule has 0 unspecified atom stereocenters. The van der Waals surface area contributed by atoms with Crippen molar-refractivity contribution in [1.29, 1.82) is 0 Å². The molecule has 0 fully saturated rings. The van der Waals surface area contributed by atoms with Crippen LogP contribution in [0.15, 0.2) is 42.5 Å². The van der Waals surface area contributed by atoms with E-state index >= 15 is 0 Å². The van der Waals surface area contributed by atoms with Crippen molar-refractivity contribution in [1.82, 2.24) is 0 Å². The summed E-state index contributed by atoms with van der Waals surface area (Å²) in [5.74, 6) is -2.08. The fourth-order valence-electron chi connectivity index (χ4n) is 2.91. The van der Waals surface area contributed by atoms with Gasteiger partial charge in [-0.1, -0.05) is 12.1 Å². The Hall–Kier alpha value is -2.74. The number of hydrogen-bond acceptors (Lipinski definition) is 5. The number of esters is 1. The van der Waals surface area contributed by atoms with Crippen LogP contribution >= 0.6 is 0 Å². The molecule has 2 aromatic carbocycles. The first-order valence-electron chi connectivity index (χ1n) is 8.41. The zero-order chi connectivity index (χ0) is 19.6. The molecule has 0 N–H and O–H groups in total. The summed E-state index contributed by atoms with van der Waals surface area (Å²) < 4.78 is 44.0. The minimum absolute atomic E-state index is 0.000874. The van der Waals surface area contributed by atoms with Crippen LogP contribution in [-0.2, 0) is 21.2 Å². The Morgan fingerprint density at radius 2 is 1.93 bits per heavy atom. The van der Waals surface area contributed by atoms with E-state index in [-0.39, 0.29) is 11.3 Å². The van der Waals surface area contributed by atoms with Gasteiger partial charge in [0.1, 0.15) is 5.82 Å². The summed E-state index contributed by atoms with van der Waals surface area (Å²) in [4.78, 5) is 24.2. The number of ether oxygens (including phenoxy) is 1. The Balaban J connectivity index is 1.70. The molecule has 0 saturated carbocycles. The molecule has 8 heteroatoms. The Bertz CT molecular complexity index is 1000. The van der Waals surface area contributed by atoms with E-state index in [4.69, 9.17) is 4.74 Å². The molecule has 1 aliphatic heterocycles. The van der Waals surface area contributed by atoms with E-state index in [2.05, 4.69) is 0 Å². The monoisotopic (exact) mass is 391 g/mol. The lowest BCUT2D eigenvalue weighted by molar-refractivity contribution is 0.0470. The lowest BCUT2D eigenvalue weighted by Gasteiger charge is -2.18. The van der Waals surface area contributed by atoms with E-state index < -0.39 is 34.2 Å². The van der Waals surface area contributed by atoms with Crippen LogP contribution in [0.1, 0.15) is 33.2 Å². The highest BCUT2D eigenvalue weighted by molar-refractivity contribution is 7.92. The predicted molar refractivity (Wildman–Crippen MR) is 98.0 cm³/mol. The zero-order valence-corrected chi connectivity index (χ0v) is 15.5. The topological polar surface area (TPSA) is 80.8 Å². The van der Waals surface area contributed by atoms with Crippen LogP contribution in [-0.4, -0.2) is 39.1 Å². The van der Waals surface area contributed by atoms with Crippen LogP contribution in [0.5, 0.6) is 0 Å². The first-order valence-corrected chi connectivity index (χ1v) is 10.0. The van der Waals surface area contributed by atoms with E-state index in [0.29, 0.717) is 24.2 Å². The van der Waals surface area contributed by atoms with Gasteiger partial charge in [-0.15, -0.1) is 0 Å². The van der Waals surface area contributed by atoms with Gasteiger partial charge < -0.3 is 4.74 Å². The second-order valence-electron chi connectivity index (χ2n) is 6.05. The molecule has 0 saturated heterocycles. The maximum Gasteiger partial charge on any atom is 0.341 e. The van der Waals surface area contributed by atoms with Crippen molar-refractivity contribution in [3.05, 3.63) is 65.0 Å². The van der Waals surface area contributed by atoms with E-state index in [9.17, 15) is 22.4 Å². The number of rotatable bonds is 6. The maximum atomic E-state index is 13.6. The Kier molecular flexibility index (Phi) is 5.27. The highest BCUT2D eigenvalue weighted by Gasteiger charge is 2.28. The van der Waals surface area contributed by atoms with Crippen molar-refractivity contribution < 1.29 is 27.1 Å². The van der Waals surface area contributed by atoms with E-state index in [1.807, 2.05) is 0 Å². The van der Waals surface area contributed by atoms with Crippen molar-refractivity contribution in [3.63, 3.8) is 0 Å². The van der Waals surface area contributed by atoms with Crippen molar-refractivity contribution in [2.75, 3.05) is 23.2 Å². The number of sulfonamides is 1. The molecular formula is C19H18FNO5S. The summed E-state index contributed by atoms with van der Waals surface area (Å²) >= 11 is 0. The van der Waals surface area contributed by atoms with Crippen LogP contribution in [0.2, 0.25) is 0 Å². The number of carbonyl (C=O) groups excluding carboxylic acids is 2. The van der Waals surface area contributed by atoms with E-state index in [1.54, 1.807) is 19.1 Å². The summed E-state index contributed by atoms with van der Waals surface area (Å²) in [7, 11) is -3.36. The molecule has 0 bridgehead atoms. The molecule has 6 nitrogen and oxygen atoms in total. The number of benzene rings is 2. The van der Waals surface area contributed by atoms with Gasteiger partial charge in [-0.2, -0.15) is 0 Å². The molecule has 0 radical (unpaired) electrons. The SMILES string of the molecule is CCS(=O)(=O)N1CCc2cc(C(=O)COC(=O)c3ccccc3F)ccc21. The molecule has 0 aliphatic carbocycles. The second-order valence-corrected chi connectivity index (χ2v) is 8.23. The summed E-state index contributed by atoms with van der Waals surface area (Å²) in [6.07, 6.45) is 0.505. The molecule has 0 spiro atoms. The molecule has 1 aliphatic rings. The number of ketones is 1. The Morgan fingerprint density at radius 1 is 1.19 bits per heavy atom. The highest BCUT2D eigenvalue weighted by Crippen LogP contribution is 2.31. The third-order valence-electron chi connectivity index (χ3n) is 4.38. The number of anilines is 1. The Labute approximate surface area is 156 Å². The van der Waals surface area contributed by atoms with Gasteiger partial charge in [0.2, 0.25) is 10.0 Å². The van der Waals surface area contributed by atoms with Gasteiger partial charge in [0.25, 0.3) is 0 Å². The first kappa shape index (κ1) is 19.0. The van der Waals surface area contributed by atoms with Gasteiger partial charge >= 0.3 is 5.97 Å².